The van der Waals surface area contributed by atoms with E-state index in [0.29, 0.717) is 32.3 Å². The summed E-state index contributed by atoms with van der Waals surface area (Å²) in [4.78, 5) is 49.7. The maximum absolute atomic E-state index is 13.6. The van der Waals surface area contributed by atoms with Gasteiger partial charge in [0.05, 0.1) is 24.2 Å². The first-order valence-corrected chi connectivity index (χ1v) is 10.7. The number of carbonyl (C=O) groups is 3. The van der Waals surface area contributed by atoms with Gasteiger partial charge in [-0.05, 0) is 38.0 Å². The van der Waals surface area contributed by atoms with E-state index in [1.54, 1.807) is 6.92 Å². The molecule has 0 aromatic rings. The number of hydrogen-bond acceptors (Lipinski definition) is 7. The van der Waals surface area contributed by atoms with Crippen molar-refractivity contribution in [2.45, 2.75) is 78.1 Å². The molecule has 1 heterocycles. The fourth-order valence-electron chi connectivity index (χ4n) is 6.78. The molecule has 0 spiro atoms. The lowest BCUT2D eigenvalue weighted by Crippen LogP contribution is -2.70. The molecule has 0 aromatic carbocycles. The maximum Gasteiger partial charge on any atom is 0.339 e. The number of rotatable bonds is 2. The Bertz CT molecular complexity index is 745. The topological polar surface area (TPSA) is 99.1 Å². The van der Waals surface area contributed by atoms with Crippen molar-refractivity contribution in [3.8, 4) is 0 Å². The Labute approximate surface area is 171 Å². The highest BCUT2D eigenvalue weighted by Crippen LogP contribution is 2.62. The summed E-state index contributed by atoms with van der Waals surface area (Å²) in [5, 5.41) is 11.0. The summed E-state index contributed by atoms with van der Waals surface area (Å²) in [6.45, 7) is 9.39. The molecule has 7 nitrogen and oxygen atoms in total. The highest BCUT2D eigenvalue weighted by Gasteiger charge is 2.69. The fourth-order valence-corrected chi connectivity index (χ4v) is 6.78. The van der Waals surface area contributed by atoms with Crippen molar-refractivity contribution in [2.24, 2.45) is 34.5 Å². The lowest BCUT2D eigenvalue weighted by atomic mass is 9.45. The quantitative estimate of drug-likeness (QED) is 0.425. The standard InChI is InChI=1S/C22H32O7/c1-11-6-7-22(29-28-12(2)23)9-14-13-10-27-15(13)8-16(24)21(14,5)19(26)18(25)17(11)20(22,3)4/h11,13-17,24H,6-10H2,1-5H3. The highest BCUT2D eigenvalue weighted by atomic mass is 17.2. The molecular weight excluding hydrogens is 376 g/mol. The molecule has 0 radical (unpaired) electrons. The first-order valence-electron chi connectivity index (χ1n) is 10.7. The molecule has 29 heavy (non-hydrogen) atoms. The Hall–Kier alpha value is -1.31. The molecule has 162 valence electrons. The number of fused-ring (bicyclic) bond motifs is 5. The van der Waals surface area contributed by atoms with Crippen molar-refractivity contribution >= 4 is 17.5 Å². The van der Waals surface area contributed by atoms with Gasteiger partial charge >= 0.3 is 5.97 Å². The zero-order valence-electron chi connectivity index (χ0n) is 17.9. The van der Waals surface area contributed by atoms with Crippen LogP contribution in [0.2, 0.25) is 0 Å². The summed E-state index contributed by atoms with van der Waals surface area (Å²) >= 11 is 0. The summed E-state index contributed by atoms with van der Waals surface area (Å²) in [7, 11) is 0. The molecule has 0 amide bonds. The zero-order valence-corrected chi connectivity index (χ0v) is 17.9. The average Bonchev–Trinajstić information content (AvgIpc) is 2.62. The summed E-state index contributed by atoms with van der Waals surface area (Å²) in [5.74, 6) is -2.21. The third-order valence-electron chi connectivity index (χ3n) is 8.80. The van der Waals surface area contributed by atoms with Crippen LogP contribution in [0.5, 0.6) is 0 Å². The van der Waals surface area contributed by atoms with Gasteiger partial charge in [-0.2, -0.15) is 4.89 Å². The number of aliphatic hydroxyl groups excluding tert-OH is 1. The Balaban J connectivity index is 1.86. The van der Waals surface area contributed by atoms with Crippen molar-refractivity contribution in [3.05, 3.63) is 0 Å². The van der Waals surface area contributed by atoms with Crippen LogP contribution in [-0.2, 0) is 28.9 Å². The molecule has 4 aliphatic rings. The summed E-state index contributed by atoms with van der Waals surface area (Å²) in [6.07, 6.45) is 1.05. The van der Waals surface area contributed by atoms with E-state index < -0.39 is 46.0 Å². The third kappa shape index (κ3) is 2.70. The summed E-state index contributed by atoms with van der Waals surface area (Å²) in [5.41, 5.74) is -2.80. The van der Waals surface area contributed by atoms with Crippen LogP contribution in [0, 0.1) is 34.5 Å². The van der Waals surface area contributed by atoms with Crippen LogP contribution in [0.1, 0.15) is 60.3 Å². The third-order valence-corrected chi connectivity index (χ3v) is 8.80. The summed E-state index contributed by atoms with van der Waals surface area (Å²) < 4.78 is 5.65. The molecule has 4 rings (SSSR count). The van der Waals surface area contributed by atoms with Crippen LogP contribution in [0.25, 0.3) is 0 Å². The molecule has 8 unspecified atom stereocenters. The van der Waals surface area contributed by atoms with Crippen LogP contribution in [-0.4, -0.2) is 47.1 Å². The monoisotopic (exact) mass is 408 g/mol. The zero-order chi connectivity index (χ0) is 21.4. The van der Waals surface area contributed by atoms with Gasteiger partial charge in [0, 0.05) is 30.6 Å². The van der Waals surface area contributed by atoms with Gasteiger partial charge in [-0.3, -0.25) is 14.5 Å². The van der Waals surface area contributed by atoms with E-state index in [-0.39, 0.29) is 23.9 Å². The predicted molar refractivity (Wildman–Crippen MR) is 101 cm³/mol. The number of hydrogen-bond donors (Lipinski definition) is 1. The van der Waals surface area contributed by atoms with Crippen LogP contribution in [0.3, 0.4) is 0 Å². The normalized spacial score (nSPS) is 48.5. The summed E-state index contributed by atoms with van der Waals surface area (Å²) in [6, 6.07) is 0. The molecule has 8 atom stereocenters. The molecular formula is C22H32O7. The maximum atomic E-state index is 13.6. The second-order valence-corrected chi connectivity index (χ2v) is 10.4. The lowest BCUT2D eigenvalue weighted by Gasteiger charge is -2.62. The van der Waals surface area contributed by atoms with Crippen LogP contribution in [0.15, 0.2) is 0 Å². The smallest absolute Gasteiger partial charge is 0.339 e. The van der Waals surface area contributed by atoms with Gasteiger partial charge in [0.15, 0.2) is 0 Å². The van der Waals surface area contributed by atoms with Gasteiger partial charge in [-0.25, -0.2) is 4.79 Å². The molecule has 1 N–H and O–H groups in total. The first-order chi connectivity index (χ1) is 13.5. The van der Waals surface area contributed by atoms with Crippen molar-refractivity contribution in [2.75, 3.05) is 6.61 Å². The molecule has 1 aliphatic heterocycles. The SMILES string of the molecule is CC(=O)OOC12CCC(C)C(C(=O)C(=O)C3(C)C(O)CC4OCC4C3C1)C2(C)C. The van der Waals surface area contributed by atoms with Gasteiger partial charge in [0.1, 0.15) is 5.60 Å². The molecule has 1 saturated heterocycles. The first kappa shape index (κ1) is 20.9. The second-order valence-electron chi connectivity index (χ2n) is 10.4. The van der Waals surface area contributed by atoms with Crippen LogP contribution < -0.4 is 0 Å². The fraction of sp³-hybridized carbons (Fsp3) is 0.864. The minimum atomic E-state index is -1.18. The van der Waals surface area contributed by atoms with Crippen LogP contribution in [0.4, 0.5) is 0 Å². The van der Waals surface area contributed by atoms with E-state index in [4.69, 9.17) is 14.5 Å². The number of carbonyl (C=O) groups excluding carboxylic acids is 3. The molecule has 3 aliphatic carbocycles. The largest absolute Gasteiger partial charge is 0.392 e. The molecule has 2 bridgehead atoms. The minimum Gasteiger partial charge on any atom is -0.392 e. The van der Waals surface area contributed by atoms with E-state index in [0.717, 1.165) is 0 Å². The minimum absolute atomic E-state index is 0.00355. The predicted octanol–water partition coefficient (Wildman–Crippen LogP) is 2.24. The molecule has 3 saturated carbocycles. The van der Waals surface area contributed by atoms with Gasteiger partial charge in [0.2, 0.25) is 11.6 Å². The van der Waals surface area contributed by atoms with Crippen molar-refractivity contribution in [1.82, 2.24) is 0 Å². The van der Waals surface area contributed by atoms with Crippen molar-refractivity contribution in [3.63, 3.8) is 0 Å². The number of Topliss-reactive ketones (excluding diaryl/α,β-unsaturated/α-hetero) is 2. The Morgan fingerprint density at radius 1 is 1.24 bits per heavy atom. The van der Waals surface area contributed by atoms with E-state index in [1.807, 2.05) is 20.8 Å². The van der Waals surface area contributed by atoms with Crippen molar-refractivity contribution < 1.29 is 34.0 Å². The molecule has 0 aromatic heterocycles. The average molecular weight is 408 g/mol. The highest BCUT2D eigenvalue weighted by molar-refractivity contribution is 6.40. The Kier molecular flexibility index (Phi) is 4.76. The van der Waals surface area contributed by atoms with Gasteiger partial charge in [-0.15, -0.1) is 0 Å². The lowest BCUT2D eigenvalue weighted by molar-refractivity contribution is -0.379. The van der Waals surface area contributed by atoms with E-state index in [2.05, 4.69) is 0 Å². The van der Waals surface area contributed by atoms with E-state index in [9.17, 15) is 19.5 Å². The molecule has 7 heteroatoms. The van der Waals surface area contributed by atoms with Crippen LogP contribution >= 0.6 is 0 Å². The van der Waals surface area contributed by atoms with Gasteiger partial charge in [-0.1, -0.05) is 20.8 Å². The van der Waals surface area contributed by atoms with Gasteiger partial charge < -0.3 is 9.84 Å². The van der Waals surface area contributed by atoms with Gasteiger partial charge in [0.25, 0.3) is 0 Å². The van der Waals surface area contributed by atoms with E-state index in [1.165, 1.54) is 6.92 Å². The Morgan fingerprint density at radius 3 is 2.52 bits per heavy atom. The number of ketones is 2. The molecule has 4 fully saturated rings. The second kappa shape index (κ2) is 6.59. The number of aliphatic hydroxyl groups is 1. The van der Waals surface area contributed by atoms with Crippen molar-refractivity contribution in [1.29, 1.82) is 0 Å². The number of ether oxygens (including phenoxy) is 1. The Morgan fingerprint density at radius 2 is 1.93 bits per heavy atom. The van der Waals surface area contributed by atoms with E-state index >= 15 is 0 Å².